The van der Waals surface area contributed by atoms with Crippen molar-refractivity contribution in [1.29, 1.82) is 0 Å². The molecule has 2 aromatic carbocycles. The number of halogens is 1. The summed E-state index contributed by atoms with van der Waals surface area (Å²) in [6.07, 6.45) is 8.49. The summed E-state index contributed by atoms with van der Waals surface area (Å²) in [4.78, 5) is 10.4. The Hall–Kier alpha value is -2.70. The minimum Gasteiger partial charge on any atom is -0.480 e. The number of hydrogen-bond acceptors (Lipinski definition) is 6. The van der Waals surface area contributed by atoms with Crippen LogP contribution in [0.3, 0.4) is 0 Å². The zero-order valence-corrected chi connectivity index (χ0v) is 24.7. The number of hydrogen-bond donors (Lipinski definition) is 5. The number of carboxylic acid groups (broad SMARTS) is 1. The average molecular weight is 598 g/mol. The van der Waals surface area contributed by atoms with Crippen LogP contribution in [0.25, 0.3) is 0 Å². The van der Waals surface area contributed by atoms with E-state index in [1.165, 1.54) is 6.42 Å². The molecule has 4 rings (SSSR count). The lowest BCUT2D eigenvalue weighted by Crippen LogP contribution is -2.23. The first-order chi connectivity index (χ1) is 20.3. The monoisotopic (exact) mass is 597 g/mol. The first-order valence-corrected chi connectivity index (χ1v) is 15.2. The molecule has 0 saturated heterocycles. The zero-order valence-electron chi connectivity index (χ0n) is 24.0. The topological polar surface area (TPSA) is 133 Å². The molecular formula is C34H44ClNO6. The first kappa shape index (κ1) is 33.8. The number of aliphatic carboxylic acids is 1. The molecule has 0 aliphatic heterocycles. The maximum absolute atomic E-state index is 10.4. The fraction of sp³-hybridized carbons (Fsp3) is 0.500. The van der Waals surface area contributed by atoms with Gasteiger partial charge in [0.1, 0.15) is 12.7 Å². The molecule has 7 nitrogen and oxygen atoms in total. The van der Waals surface area contributed by atoms with Crippen molar-refractivity contribution >= 4 is 17.6 Å². The summed E-state index contributed by atoms with van der Waals surface area (Å²) in [5.41, 5.74) is 7.81. The molecule has 0 radical (unpaired) electrons. The molecule has 2 saturated carbocycles. The van der Waals surface area contributed by atoms with Crippen molar-refractivity contribution in [2.24, 2.45) is 23.5 Å². The second kappa shape index (κ2) is 18.1. The molecule has 42 heavy (non-hydrogen) atoms. The van der Waals surface area contributed by atoms with Gasteiger partial charge in [-0.25, -0.2) is 4.79 Å². The van der Waals surface area contributed by atoms with E-state index in [2.05, 4.69) is 11.8 Å². The Kier molecular flexibility index (Phi) is 14.5. The number of alkyl halides is 1. The van der Waals surface area contributed by atoms with E-state index in [9.17, 15) is 20.1 Å². The molecule has 8 heteroatoms. The van der Waals surface area contributed by atoms with Crippen molar-refractivity contribution in [1.82, 2.24) is 0 Å². The number of aliphatic hydroxyl groups excluding tert-OH is 3. The van der Waals surface area contributed by atoms with E-state index in [-0.39, 0.29) is 42.4 Å². The van der Waals surface area contributed by atoms with Gasteiger partial charge in [0.25, 0.3) is 0 Å². The van der Waals surface area contributed by atoms with E-state index in [1.807, 2.05) is 66.7 Å². The van der Waals surface area contributed by atoms with Crippen LogP contribution in [0.4, 0.5) is 0 Å². The minimum absolute atomic E-state index is 0.00782. The highest BCUT2D eigenvalue weighted by molar-refractivity contribution is 6.21. The summed E-state index contributed by atoms with van der Waals surface area (Å²) in [7, 11) is 0. The Balaban J connectivity index is 0.000000258. The predicted octanol–water partition coefficient (Wildman–Crippen LogP) is 5.00. The first-order valence-electron chi connectivity index (χ1n) is 14.8. The third kappa shape index (κ3) is 10.9. The third-order valence-electron chi connectivity index (χ3n) is 7.98. The van der Waals surface area contributed by atoms with Crippen molar-refractivity contribution in [3.8, 4) is 11.8 Å². The van der Waals surface area contributed by atoms with E-state index >= 15 is 0 Å². The summed E-state index contributed by atoms with van der Waals surface area (Å²) >= 11 is 6.38. The van der Waals surface area contributed by atoms with E-state index in [1.54, 1.807) is 6.08 Å². The van der Waals surface area contributed by atoms with Crippen molar-refractivity contribution in [3.63, 3.8) is 0 Å². The van der Waals surface area contributed by atoms with Gasteiger partial charge >= 0.3 is 5.97 Å². The van der Waals surface area contributed by atoms with Crippen molar-refractivity contribution in [2.45, 2.75) is 74.7 Å². The molecule has 6 N–H and O–H groups in total. The maximum Gasteiger partial charge on any atom is 0.329 e. The molecule has 2 fully saturated rings. The van der Waals surface area contributed by atoms with Gasteiger partial charge in [-0.3, -0.25) is 0 Å². The summed E-state index contributed by atoms with van der Waals surface area (Å²) in [6.45, 7) is -0.0942. The van der Waals surface area contributed by atoms with E-state index in [0.29, 0.717) is 12.8 Å². The molecule has 0 aromatic heterocycles. The standard InChI is InChI=1S/C20H29ClO5.C14H15NO/c21-17-12-19(23)16(9-10-18(22)14-6-2-1-3-7-14)15(17)8-4-5-11-26-13-20(24)25;15-13(11-7-3-1-4-8-11)14(16)12-9-5-2-6-10-12/h4-5,14-19,22-23H,1-3,6-8,11-13H2,(H,24,25);1-10,13-14,16H,15H2/b5-4-;/t15-,16-,17-,18-,19-;13-,14+/m10/s1. The molecule has 2 aromatic rings. The van der Waals surface area contributed by atoms with Crippen LogP contribution in [0.2, 0.25) is 0 Å². The van der Waals surface area contributed by atoms with E-state index in [4.69, 9.17) is 27.2 Å². The lowest BCUT2D eigenvalue weighted by atomic mass is 9.85. The smallest absolute Gasteiger partial charge is 0.329 e. The van der Waals surface area contributed by atoms with Crippen LogP contribution in [-0.2, 0) is 9.53 Å². The van der Waals surface area contributed by atoms with Gasteiger partial charge in [0.05, 0.1) is 30.8 Å². The second-order valence-corrected chi connectivity index (χ2v) is 11.6. The van der Waals surface area contributed by atoms with E-state index < -0.39 is 24.3 Å². The Morgan fingerprint density at radius 2 is 1.62 bits per heavy atom. The molecule has 7 atom stereocenters. The van der Waals surface area contributed by atoms with Gasteiger partial charge in [-0.1, -0.05) is 104 Å². The van der Waals surface area contributed by atoms with Gasteiger partial charge in [-0.2, -0.15) is 0 Å². The Labute approximate surface area is 254 Å². The van der Waals surface area contributed by atoms with Crippen LogP contribution in [0.15, 0.2) is 72.8 Å². The molecule has 0 bridgehead atoms. The number of aliphatic hydroxyl groups is 3. The normalized spacial score (nSPS) is 24.6. The van der Waals surface area contributed by atoms with E-state index in [0.717, 1.165) is 36.8 Å². The molecular weight excluding hydrogens is 554 g/mol. The highest BCUT2D eigenvalue weighted by atomic mass is 35.5. The SMILES string of the molecule is N[C@@H](c1ccccc1)[C@H](O)c1ccccc1.O=C(O)COC/C=C\C[C@@H]1[C@@H](C#C[C@@H](O)C2CCCCC2)[C@H](O)C[C@H]1Cl. The summed E-state index contributed by atoms with van der Waals surface area (Å²) < 4.78 is 4.95. The Morgan fingerprint density at radius 1 is 1.00 bits per heavy atom. The second-order valence-electron chi connectivity index (χ2n) is 11.0. The average Bonchev–Trinajstić information content (AvgIpc) is 3.29. The van der Waals surface area contributed by atoms with Gasteiger partial charge < -0.3 is 30.9 Å². The summed E-state index contributed by atoms with van der Waals surface area (Å²) in [6, 6.07) is 18.7. The van der Waals surface area contributed by atoms with Crippen molar-refractivity contribution < 1.29 is 30.0 Å². The summed E-state index contributed by atoms with van der Waals surface area (Å²) in [5, 5.41) is 39.1. The van der Waals surface area contributed by atoms with Crippen LogP contribution in [0, 0.1) is 29.6 Å². The summed E-state index contributed by atoms with van der Waals surface area (Å²) in [5.74, 6) is 5.07. The Bertz CT molecular complexity index is 1100. The molecule has 0 spiro atoms. The minimum atomic E-state index is -0.995. The molecule has 0 heterocycles. The van der Waals surface area contributed by atoms with Gasteiger partial charge in [0.2, 0.25) is 0 Å². The molecule has 0 unspecified atom stereocenters. The fourth-order valence-corrected chi connectivity index (χ4v) is 6.00. The number of carbonyl (C=O) groups is 1. The van der Waals surface area contributed by atoms with Crippen molar-refractivity contribution in [3.05, 3.63) is 83.9 Å². The van der Waals surface area contributed by atoms with Crippen LogP contribution in [0.5, 0.6) is 0 Å². The van der Waals surface area contributed by atoms with Gasteiger partial charge in [-0.05, 0) is 48.6 Å². The number of carboxylic acids is 1. The number of nitrogens with two attached hydrogens (primary N) is 1. The van der Waals surface area contributed by atoms with Crippen molar-refractivity contribution in [2.75, 3.05) is 13.2 Å². The molecule has 228 valence electrons. The van der Waals surface area contributed by atoms with Crippen LogP contribution in [0.1, 0.15) is 68.2 Å². The highest BCUT2D eigenvalue weighted by Gasteiger charge is 2.40. The van der Waals surface area contributed by atoms with Gasteiger partial charge in [0, 0.05) is 5.38 Å². The lowest BCUT2D eigenvalue weighted by Gasteiger charge is -2.23. The molecule has 2 aliphatic carbocycles. The number of rotatable bonds is 10. The third-order valence-corrected chi connectivity index (χ3v) is 8.48. The lowest BCUT2D eigenvalue weighted by molar-refractivity contribution is -0.141. The van der Waals surface area contributed by atoms with Gasteiger partial charge in [-0.15, -0.1) is 11.6 Å². The molecule has 0 amide bonds. The Morgan fingerprint density at radius 3 is 2.24 bits per heavy atom. The number of allylic oxidation sites excluding steroid dienone is 1. The predicted molar refractivity (Wildman–Crippen MR) is 165 cm³/mol. The largest absolute Gasteiger partial charge is 0.480 e. The van der Waals surface area contributed by atoms with Crippen LogP contribution < -0.4 is 5.73 Å². The zero-order chi connectivity index (χ0) is 30.3. The molecule has 2 aliphatic rings. The van der Waals surface area contributed by atoms with Crippen LogP contribution >= 0.6 is 11.6 Å². The van der Waals surface area contributed by atoms with Crippen LogP contribution in [-0.4, -0.2) is 57.2 Å². The fourth-order valence-electron chi connectivity index (χ4n) is 5.56. The maximum atomic E-state index is 10.4. The number of ether oxygens (including phenoxy) is 1. The highest BCUT2D eigenvalue weighted by Crippen LogP contribution is 2.38. The number of benzene rings is 2. The van der Waals surface area contributed by atoms with Gasteiger partial charge in [0.15, 0.2) is 0 Å². The quantitative estimate of drug-likeness (QED) is 0.113.